The lowest BCUT2D eigenvalue weighted by molar-refractivity contribution is -0.175. The summed E-state index contributed by atoms with van der Waals surface area (Å²) < 4.78 is 39.1. The molecule has 1 aliphatic rings. The Bertz CT molecular complexity index is 990. The number of methoxy groups -OCH3 is 1. The van der Waals surface area contributed by atoms with Gasteiger partial charge in [-0.1, -0.05) is 17.9 Å². The topological polar surface area (TPSA) is 83.3 Å². The molecule has 0 aliphatic carbocycles. The second-order valence-corrected chi connectivity index (χ2v) is 7.50. The number of ether oxygens (including phenoxy) is 2. The molecule has 1 saturated heterocycles. The SMILES string of the molecule is C=C1C(=O)[C@](C)(C(=O)OC)[C@H](CCc2cn(Cc3ccc(F)cc3F)nn2)O[C@@H]1C. The van der Waals surface area contributed by atoms with Crippen molar-refractivity contribution in [3.05, 3.63) is 59.4 Å². The molecule has 160 valence electrons. The molecular formula is C21H23F2N3O4. The smallest absolute Gasteiger partial charge is 0.322 e. The number of aromatic nitrogens is 3. The lowest BCUT2D eigenvalue weighted by Gasteiger charge is -2.41. The third-order valence-electron chi connectivity index (χ3n) is 5.47. The number of benzene rings is 1. The number of esters is 1. The van der Waals surface area contributed by atoms with E-state index in [1.54, 1.807) is 13.1 Å². The van der Waals surface area contributed by atoms with Crippen LogP contribution in [-0.4, -0.2) is 46.1 Å². The zero-order valence-corrected chi connectivity index (χ0v) is 17.0. The van der Waals surface area contributed by atoms with Gasteiger partial charge in [-0.15, -0.1) is 5.10 Å². The van der Waals surface area contributed by atoms with Crippen LogP contribution in [-0.2, 0) is 32.0 Å². The highest BCUT2D eigenvalue weighted by Crippen LogP contribution is 2.39. The largest absolute Gasteiger partial charge is 0.468 e. The monoisotopic (exact) mass is 419 g/mol. The number of Topliss-reactive ketones (excluding diaryl/α,β-unsaturated/α-hetero) is 1. The molecule has 2 heterocycles. The van der Waals surface area contributed by atoms with Crippen LogP contribution >= 0.6 is 0 Å². The van der Waals surface area contributed by atoms with Crippen LogP contribution in [0.1, 0.15) is 31.5 Å². The standard InChI is InChI=1S/C21H23F2N3O4/c1-12-13(2)30-18(21(3,19(12)27)20(28)29-4)8-7-16-11-26(25-24-16)10-14-5-6-15(22)9-17(14)23/h5-6,9,11,13,18H,1,7-8,10H2,2-4H3/t13-,18+,21-/m1/s1. The minimum absolute atomic E-state index is 0.0915. The second-order valence-electron chi connectivity index (χ2n) is 7.50. The molecule has 0 unspecified atom stereocenters. The van der Waals surface area contributed by atoms with E-state index < -0.39 is 41.0 Å². The van der Waals surface area contributed by atoms with E-state index in [0.29, 0.717) is 18.5 Å². The van der Waals surface area contributed by atoms with Crippen LogP contribution in [0.15, 0.2) is 36.5 Å². The summed E-state index contributed by atoms with van der Waals surface area (Å²) in [6, 6.07) is 3.34. The molecule has 1 aromatic carbocycles. The summed E-state index contributed by atoms with van der Waals surface area (Å²) in [4.78, 5) is 25.1. The lowest BCUT2D eigenvalue weighted by Crippen LogP contribution is -2.55. The van der Waals surface area contributed by atoms with E-state index in [2.05, 4.69) is 16.9 Å². The molecule has 1 aromatic heterocycles. The van der Waals surface area contributed by atoms with Crippen molar-refractivity contribution in [2.45, 2.75) is 45.4 Å². The van der Waals surface area contributed by atoms with Gasteiger partial charge in [0.2, 0.25) is 0 Å². The zero-order valence-electron chi connectivity index (χ0n) is 17.0. The fourth-order valence-corrected chi connectivity index (χ4v) is 3.56. The van der Waals surface area contributed by atoms with Crippen LogP contribution in [0.3, 0.4) is 0 Å². The van der Waals surface area contributed by atoms with E-state index in [9.17, 15) is 18.4 Å². The van der Waals surface area contributed by atoms with Gasteiger partial charge >= 0.3 is 5.97 Å². The Morgan fingerprint density at radius 3 is 2.80 bits per heavy atom. The number of nitrogens with zero attached hydrogens (tertiary/aromatic N) is 3. The Morgan fingerprint density at radius 1 is 1.40 bits per heavy atom. The van der Waals surface area contributed by atoms with Gasteiger partial charge in [-0.2, -0.15) is 0 Å². The summed E-state index contributed by atoms with van der Waals surface area (Å²) in [7, 11) is 1.22. The fraction of sp³-hybridized carbons (Fsp3) is 0.429. The number of carbonyl (C=O) groups is 2. The summed E-state index contributed by atoms with van der Waals surface area (Å²) in [5, 5.41) is 8.01. The minimum atomic E-state index is -1.49. The summed E-state index contributed by atoms with van der Waals surface area (Å²) in [5.74, 6) is -2.39. The molecule has 3 rings (SSSR count). The zero-order chi connectivity index (χ0) is 22.1. The van der Waals surface area contributed by atoms with E-state index >= 15 is 0 Å². The fourth-order valence-electron chi connectivity index (χ4n) is 3.56. The Labute approximate surface area is 172 Å². The maximum atomic E-state index is 13.8. The molecular weight excluding hydrogens is 396 g/mol. The second kappa shape index (κ2) is 8.43. The number of halogens is 2. The van der Waals surface area contributed by atoms with Gasteiger partial charge in [-0.05, 0) is 32.8 Å². The van der Waals surface area contributed by atoms with E-state index in [0.717, 1.165) is 6.07 Å². The normalized spacial score (nSPS) is 24.2. The van der Waals surface area contributed by atoms with Crippen molar-refractivity contribution in [1.29, 1.82) is 0 Å². The number of ketones is 1. The van der Waals surface area contributed by atoms with Crippen LogP contribution in [0.5, 0.6) is 0 Å². The molecule has 0 N–H and O–H groups in total. The lowest BCUT2D eigenvalue weighted by atomic mass is 9.72. The first kappa shape index (κ1) is 21.8. The predicted octanol–water partition coefficient (Wildman–Crippen LogP) is 2.63. The van der Waals surface area contributed by atoms with Crippen molar-refractivity contribution in [2.75, 3.05) is 7.11 Å². The van der Waals surface area contributed by atoms with Gasteiger partial charge < -0.3 is 9.47 Å². The molecule has 30 heavy (non-hydrogen) atoms. The van der Waals surface area contributed by atoms with Gasteiger partial charge in [-0.3, -0.25) is 9.59 Å². The highest BCUT2D eigenvalue weighted by atomic mass is 19.1. The summed E-state index contributed by atoms with van der Waals surface area (Å²) in [5.41, 5.74) is -0.408. The third-order valence-corrected chi connectivity index (χ3v) is 5.47. The van der Waals surface area contributed by atoms with Crippen LogP contribution in [0.2, 0.25) is 0 Å². The summed E-state index contributed by atoms with van der Waals surface area (Å²) >= 11 is 0. The summed E-state index contributed by atoms with van der Waals surface area (Å²) in [6.07, 6.45) is 1.08. The van der Waals surface area contributed by atoms with E-state index in [-0.39, 0.29) is 17.7 Å². The first-order valence-corrected chi connectivity index (χ1v) is 9.47. The van der Waals surface area contributed by atoms with E-state index in [1.165, 1.54) is 30.8 Å². The van der Waals surface area contributed by atoms with Gasteiger partial charge in [0, 0.05) is 23.4 Å². The number of rotatable bonds is 6. The molecule has 1 aliphatic heterocycles. The third kappa shape index (κ3) is 4.02. The molecule has 0 amide bonds. The van der Waals surface area contributed by atoms with Crippen LogP contribution in [0.25, 0.3) is 0 Å². The van der Waals surface area contributed by atoms with Gasteiger partial charge in [0.1, 0.15) is 11.6 Å². The minimum Gasteiger partial charge on any atom is -0.468 e. The Kier molecular flexibility index (Phi) is 6.12. The van der Waals surface area contributed by atoms with Crippen LogP contribution in [0.4, 0.5) is 8.78 Å². The maximum Gasteiger partial charge on any atom is 0.322 e. The Morgan fingerprint density at radius 2 is 2.13 bits per heavy atom. The number of hydrogen-bond acceptors (Lipinski definition) is 6. The Balaban J connectivity index is 1.72. The predicted molar refractivity (Wildman–Crippen MR) is 102 cm³/mol. The average Bonchev–Trinajstić information content (AvgIpc) is 3.17. The number of carbonyl (C=O) groups excluding carboxylic acids is 2. The molecule has 7 nitrogen and oxygen atoms in total. The van der Waals surface area contributed by atoms with Crippen molar-refractivity contribution in [2.24, 2.45) is 5.41 Å². The highest BCUT2D eigenvalue weighted by molar-refractivity contribution is 6.13. The van der Waals surface area contributed by atoms with Crippen molar-refractivity contribution in [1.82, 2.24) is 15.0 Å². The van der Waals surface area contributed by atoms with Gasteiger partial charge in [-0.25, -0.2) is 13.5 Å². The van der Waals surface area contributed by atoms with Gasteiger partial charge in [0.05, 0.1) is 31.6 Å². The van der Waals surface area contributed by atoms with Crippen molar-refractivity contribution >= 4 is 11.8 Å². The summed E-state index contributed by atoms with van der Waals surface area (Å²) in [6.45, 7) is 7.03. The van der Waals surface area contributed by atoms with Gasteiger partial charge in [0.15, 0.2) is 11.2 Å². The molecule has 0 radical (unpaired) electrons. The molecule has 0 saturated carbocycles. The molecule has 0 bridgehead atoms. The quantitative estimate of drug-likeness (QED) is 0.407. The van der Waals surface area contributed by atoms with Crippen molar-refractivity contribution in [3.63, 3.8) is 0 Å². The Hall–Kier alpha value is -2.94. The average molecular weight is 419 g/mol. The maximum absolute atomic E-state index is 13.8. The molecule has 1 fully saturated rings. The number of aryl methyl sites for hydroxylation is 1. The molecule has 0 spiro atoms. The highest BCUT2D eigenvalue weighted by Gasteiger charge is 2.54. The molecule has 9 heteroatoms. The molecule has 2 aromatic rings. The van der Waals surface area contributed by atoms with Crippen molar-refractivity contribution in [3.8, 4) is 0 Å². The van der Waals surface area contributed by atoms with E-state index in [4.69, 9.17) is 9.47 Å². The van der Waals surface area contributed by atoms with Crippen LogP contribution < -0.4 is 0 Å². The first-order chi connectivity index (χ1) is 14.2. The van der Waals surface area contributed by atoms with E-state index in [1.807, 2.05) is 0 Å². The van der Waals surface area contributed by atoms with Gasteiger partial charge in [0.25, 0.3) is 0 Å². The van der Waals surface area contributed by atoms with Crippen molar-refractivity contribution < 1.29 is 27.8 Å². The first-order valence-electron chi connectivity index (χ1n) is 9.47. The number of hydrogen-bond donors (Lipinski definition) is 0. The molecule has 3 atom stereocenters. The van der Waals surface area contributed by atoms with Crippen LogP contribution in [0, 0.1) is 17.0 Å².